The summed E-state index contributed by atoms with van der Waals surface area (Å²) in [5.41, 5.74) is 1.59. The van der Waals surface area contributed by atoms with Gasteiger partial charge < -0.3 is 15.1 Å². The minimum atomic E-state index is -1.27. The van der Waals surface area contributed by atoms with Gasteiger partial charge in [-0.25, -0.2) is 4.39 Å². The zero-order valence-corrected chi connectivity index (χ0v) is 37.7. The molecule has 7 aliphatic rings. The molecule has 5 amide bonds. The lowest BCUT2D eigenvalue weighted by molar-refractivity contribution is -0.138. The Labute approximate surface area is 387 Å². The van der Waals surface area contributed by atoms with Crippen molar-refractivity contribution in [2.75, 3.05) is 18.4 Å². The van der Waals surface area contributed by atoms with E-state index in [2.05, 4.69) is 27.8 Å². The topological polar surface area (TPSA) is 145 Å². The Bertz CT molecular complexity index is 2570. The van der Waals surface area contributed by atoms with E-state index in [9.17, 15) is 28.8 Å². The zero-order valence-electron chi connectivity index (χ0n) is 36.2. The Hall–Kier alpha value is -5.09. The van der Waals surface area contributed by atoms with Crippen molar-refractivity contribution in [1.29, 1.82) is 0 Å². The van der Waals surface area contributed by atoms with Crippen LogP contribution in [0.3, 0.4) is 0 Å². The van der Waals surface area contributed by atoms with Gasteiger partial charge in [-0.15, -0.1) is 0 Å². The van der Waals surface area contributed by atoms with Crippen LogP contribution in [0.5, 0.6) is 0 Å². The highest BCUT2D eigenvalue weighted by atomic mass is 35.5. The highest BCUT2D eigenvalue weighted by Gasteiger charge is 2.72. The van der Waals surface area contributed by atoms with Gasteiger partial charge in [-0.1, -0.05) is 78.6 Å². The molecule has 10 rings (SSSR count). The summed E-state index contributed by atoms with van der Waals surface area (Å²) in [7, 11) is 0. The van der Waals surface area contributed by atoms with Gasteiger partial charge in [0.25, 0.3) is 5.91 Å². The van der Waals surface area contributed by atoms with Crippen LogP contribution in [0.1, 0.15) is 128 Å². The molecule has 2 aliphatic carbocycles. The number of fused-ring (bicyclic) bond motifs is 4. The molecule has 5 heterocycles. The van der Waals surface area contributed by atoms with Crippen molar-refractivity contribution in [3.63, 3.8) is 0 Å². The average Bonchev–Trinajstić information content (AvgIpc) is 3.90. The van der Waals surface area contributed by atoms with E-state index < -0.39 is 40.7 Å². The number of nitrogens with one attached hydrogen (secondary N) is 3. The molecular formula is C51H52Cl2FN5O6. The van der Waals surface area contributed by atoms with Crippen LogP contribution in [-0.2, 0) is 35.9 Å². The second kappa shape index (κ2) is 17.3. The van der Waals surface area contributed by atoms with Crippen LogP contribution >= 0.6 is 23.2 Å². The highest BCUT2D eigenvalue weighted by Crippen LogP contribution is 2.63. The van der Waals surface area contributed by atoms with Crippen LogP contribution in [0.15, 0.2) is 54.6 Å². The number of carbonyl (C=O) groups excluding carboxylic acids is 6. The van der Waals surface area contributed by atoms with Gasteiger partial charge in [-0.2, -0.15) is 0 Å². The quantitative estimate of drug-likeness (QED) is 0.171. The van der Waals surface area contributed by atoms with Gasteiger partial charge in [0, 0.05) is 77.6 Å². The molecule has 3 aromatic rings. The molecular weight excluding hydrogens is 868 g/mol. The molecule has 5 fully saturated rings. The van der Waals surface area contributed by atoms with Crippen molar-refractivity contribution >= 4 is 64.2 Å². The number of ketones is 1. The number of Topliss-reactive ketones (excluding diaryl/α,β-unsaturated/α-hetero) is 1. The van der Waals surface area contributed by atoms with Gasteiger partial charge in [-0.3, -0.25) is 39.4 Å². The molecule has 65 heavy (non-hydrogen) atoms. The molecule has 3 aromatic carbocycles. The fraction of sp³-hybridized carbons (Fsp3) is 0.490. The molecule has 338 valence electrons. The lowest BCUT2D eigenvalue weighted by atomic mass is 9.55. The molecule has 3 saturated heterocycles. The van der Waals surface area contributed by atoms with Gasteiger partial charge in [0.05, 0.1) is 11.1 Å². The maximum Gasteiger partial charge on any atom is 0.255 e. The number of imide groups is 1. The molecule has 0 radical (unpaired) electrons. The molecule has 0 aromatic heterocycles. The minimum Gasteiger partial charge on any atom is -0.342 e. The molecule has 14 heteroatoms. The van der Waals surface area contributed by atoms with Crippen LogP contribution in [-0.4, -0.2) is 75.8 Å². The van der Waals surface area contributed by atoms with E-state index in [1.807, 2.05) is 17.0 Å². The highest BCUT2D eigenvalue weighted by molar-refractivity contribution is 6.31. The third kappa shape index (κ3) is 7.46. The monoisotopic (exact) mass is 919 g/mol. The van der Waals surface area contributed by atoms with Crippen molar-refractivity contribution < 1.29 is 33.2 Å². The molecule has 5 aliphatic heterocycles. The third-order valence-electron chi connectivity index (χ3n) is 15.9. The van der Waals surface area contributed by atoms with E-state index in [-0.39, 0.29) is 77.1 Å². The molecule has 0 bridgehead atoms. The van der Waals surface area contributed by atoms with E-state index >= 15 is 4.39 Å². The number of likely N-dealkylation sites (tertiary alicyclic amines) is 1. The standard InChI is InChI=1S/C51H52Cl2FN5O6/c52-33-16-17-37-39(27-33)55-49(65)51(37)43(35-8-5-9-38(53)44(35)54)45(57-50(51)22-2-1-3-23-50)41(60)26-30-11-14-32(15-12-30)47(63)58-24-20-29(21-25-58)10-13-31-6-4-7-34-36(31)28-59(48(34)64)40-18-19-42(61)56-46(40)62/h4-9,16-17,27,29-30,32,40,43,45,57H,1-3,11-12,14-15,18-26,28H2,(H,55,65)(H,56,61,62)/t30?,32?,40?,43-,45-,51+/m0/s1. The smallest absolute Gasteiger partial charge is 0.255 e. The van der Waals surface area contributed by atoms with Gasteiger partial charge in [0.15, 0.2) is 5.78 Å². The molecule has 4 atom stereocenters. The van der Waals surface area contributed by atoms with Gasteiger partial charge in [-0.05, 0) is 111 Å². The first-order valence-electron chi connectivity index (χ1n) is 23.3. The SMILES string of the molecule is O=C1CCC(N2Cc3c(C#CC4CCN(C(=O)C5CCC(CC(=O)[C@@H]6NC7(CCCCC7)[C@@]7(C(=O)Nc8cc(Cl)ccc87)[C@H]6c6cccc(Cl)c6F)CC5)CC4)cccc3C2=O)C(=O)N1. The molecule has 3 N–H and O–H groups in total. The average molecular weight is 921 g/mol. The number of hydrogen-bond donors (Lipinski definition) is 3. The predicted molar refractivity (Wildman–Crippen MR) is 242 cm³/mol. The number of anilines is 1. The molecule has 2 spiro atoms. The van der Waals surface area contributed by atoms with Crippen LogP contribution < -0.4 is 16.0 Å². The van der Waals surface area contributed by atoms with E-state index in [1.165, 1.54) is 11.0 Å². The molecule has 2 saturated carbocycles. The first kappa shape index (κ1) is 43.8. The largest absolute Gasteiger partial charge is 0.342 e. The number of halogens is 3. The fourth-order valence-corrected chi connectivity index (χ4v) is 13.0. The number of nitrogens with zero attached hydrogens (tertiary/aromatic N) is 2. The summed E-state index contributed by atoms with van der Waals surface area (Å²) in [5, 5.41) is 9.63. The van der Waals surface area contributed by atoms with Gasteiger partial charge in [0.2, 0.25) is 23.6 Å². The number of hydrogen-bond acceptors (Lipinski definition) is 7. The number of benzene rings is 3. The van der Waals surface area contributed by atoms with Crippen LogP contribution in [0.4, 0.5) is 10.1 Å². The Morgan fingerprint density at radius 2 is 1.62 bits per heavy atom. The second-order valence-electron chi connectivity index (χ2n) is 19.3. The number of rotatable bonds is 6. The van der Waals surface area contributed by atoms with Crippen molar-refractivity contribution in [3.05, 3.63) is 98.3 Å². The van der Waals surface area contributed by atoms with E-state index in [0.29, 0.717) is 61.5 Å². The number of piperidine rings is 2. The fourth-order valence-electron chi connectivity index (χ4n) is 12.7. The third-order valence-corrected chi connectivity index (χ3v) is 16.4. The normalized spacial score (nSPS) is 28.4. The maximum absolute atomic E-state index is 16.4. The van der Waals surface area contributed by atoms with Gasteiger partial charge >= 0.3 is 0 Å². The Morgan fingerprint density at radius 3 is 2.37 bits per heavy atom. The number of amides is 5. The van der Waals surface area contributed by atoms with Crippen molar-refractivity contribution in [2.24, 2.45) is 17.8 Å². The van der Waals surface area contributed by atoms with Crippen molar-refractivity contribution in [2.45, 2.75) is 125 Å². The van der Waals surface area contributed by atoms with E-state index in [0.717, 1.165) is 61.6 Å². The summed E-state index contributed by atoms with van der Waals surface area (Å²) in [5.74, 6) is 4.10. The summed E-state index contributed by atoms with van der Waals surface area (Å²) < 4.78 is 16.4. The lowest BCUT2D eigenvalue weighted by Crippen LogP contribution is -2.60. The van der Waals surface area contributed by atoms with Crippen molar-refractivity contribution in [1.82, 2.24) is 20.4 Å². The Morgan fingerprint density at radius 1 is 0.862 bits per heavy atom. The zero-order chi connectivity index (χ0) is 45.2. The minimum absolute atomic E-state index is 0.0485. The predicted octanol–water partition coefficient (Wildman–Crippen LogP) is 7.60. The van der Waals surface area contributed by atoms with Crippen LogP contribution in [0.25, 0.3) is 0 Å². The summed E-state index contributed by atoms with van der Waals surface area (Å²) in [6.07, 6.45) is 9.08. The van der Waals surface area contributed by atoms with E-state index in [1.54, 1.807) is 36.4 Å². The van der Waals surface area contributed by atoms with Crippen molar-refractivity contribution in [3.8, 4) is 11.8 Å². The summed E-state index contributed by atoms with van der Waals surface area (Å²) in [4.78, 5) is 84.5. The number of carbonyl (C=O) groups is 6. The Balaban J connectivity index is 0.787. The van der Waals surface area contributed by atoms with Crippen LogP contribution in [0.2, 0.25) is 10.0 Å². The van der Waals surface area contributed by atoms with Gasteiger partial charge in [0.1, 0.15) is 17.3 Å². The Kier molecular flexibility index (Phi) is 11.6. The molecule has 1 unspecified atom stereocenters. The van der Waals surface area contributed by atoms with Crippen LogP contribution in [0, 0.1) is 35.4 Å². The van der Waals surface area contributed by atoms with E-state index in [4.69, 9.17) is 23.2 Å². The summed E-state index contributed by atoms with van der Waals surface area (Å²) in [6, 6.07) is 14.1. The lowest BCUT2D eigenvalue weighted by Gasteiger charge is -2.47. The first-order chi connectivity index (χ1) is 31.4. The maximum atomic E-state index is 16.4. The summed E-state index contributed by atoms with van der Waals surface area (Å²) >= 11 is 12.9. The molecule has 11 nitrogen and oxygen atoms in total. The summed E-state index contributed by atoms with van der Waals surface area (Å²) in [6.45, 7) is 1.47. The first-order valence-corrected chi connectivity index (χ1v) is 24.1. The second-order valence-corrected chi connectivity index (χ2v) is 20.2.